The first kappa shape index (κ1) is 13.7. The van der Waals surface area contributed by atoms with Crippen LogP contribution in [0, 0.1) is 5.92 Å². The molecule has 0 N–H and O–H groups in total. The lowest BCUT2D eigenvalue weighted by Crippen LogP contribution is -2.07. The van der Waals surface area contributed by atoms with Crippen LogP contribution in [-0.2, 0) is 12.8 Å². The molecule has 1 unspecified atom stereocenters. The van der Waals surface area contributed by atoms with Crippen molar-refractivity contribution < 1.29 is 4.74 Å². The van der Waals surface area contributed by atoms with Crippen LogP contribution in [0.1, 0.15) is 44.2 Å². The van der Waals surface area contributed by atoms with Crippen LogP contribution in [0.5, 0.6) is 5.75 Å². The molecule has 1 aromatic rings. The molecule has 1 nitrogen and oxygen atoms in total. The predicted molar refractivity (Wildman–Crippen MR) is 77.7 cm³/mol. The van der Waals surface area contributed by atoms with Crippen LogP contribution in [0.4, 0.5) is 0 Å². The van der Waals surface area contributed by atoms with Gasteiger partial charge in [0.15, 0.2) is 0 Å². The quantitative estimate of drug-likeness (QED) is 0.540. The van der Waals surface area contributed by atoms with E-state index in [0.29, 0.717) is 11.3 Å². The van der Waals surface area contributed by atoms with E-state index >= 15 is 0 Å². The van der Waals surface area contributed by atoms with Crippen LogP contribution < -0.4 is 4.74 Å². The third kappa shape index (κ3) is 3.65. The zero-order valence-corrected chi connectivity index (χ0v) is 12.2. The largest absolute Gasteiger partial charge is 0.493 e. The zero-order chi connectivity index (χ0) is 13.0. The SMILES string of the molecule is CC(C)C(Cl)CCCCc1ccc2c(c1)CCO2. The summed E-state index contributed by atoms with van der Waals surface area (Å²) >= 11 is 6.26. The summed E-state index contributed by atoms with van der Waals surface area (Å²) in [7, 11) is 0. The maximum atomic E-state index is 6.26. The van der Waals surface area contributed by atoms with Crippen LogP contribution >= 0.6 is 11.6 Å². The van der Waals surface area contributed by atoms with E-state index in [4.69, 9.17) is 16.3 Å². The second-order valence-corrected chi connectivity index (χ2v) is 6.11. The molecule has 0 aromatic heterocycles. The van der Waals surface area contributed by atoms with Gasteiger partial charge >= 0.3 is 0 Å². The molecular weight excluding hydrogens is 244 g/mol. The minimum Gasteiger partial charge on any atom is -0.493 e. The van der Waals surface area contributed by atoms with Crippen molar-refractivity contribution in [3.63, 3.8) is 0 Å². The van der Waals surface area contributed by atoms with Gasteiger partial charge in [0.2, 0.25) is 0 Å². The molecule has 2 rings (SSSR count). The minimum absolute atomic E-state index is 0.332. The Kier molecular flexibility index (Phi) is 4.94. The second-order valence-electron chi connectivity index (χ2n) is 5.55. The first-order valence-corrected chi connectivity index (χ1v) is 7.49. The molecule has 0 spiro atoms. The van der Waals surface area contributed by atoms with Crippen molar-refractivity contribution in [3.8, 4) is 5.75 Å². The van der Waals surface area contributed by atoms with Crippen molar-refractivity contribution in [1.29, 1.82) is 0 Å². The monoisotopic (exact) mass is 266 g/mol. The number of benzene rings is 1. The summed E-state index contributed by atoms with van der Waals surface area (Å²) in [6.45, 7) is 5.23. The molecule has 0 radical (unpaired) electrons. The van der Waals surface area contributed by atoms with Crippen molar-refractivity contribution in [1.82, 2.24) is 0 Å². The molecule has 0 fully saturated rings. The molecule has 0 saturated heterocycles. The lowest BCUT2D eigenvalue weighted by atomic mass is 10.0. The lowest BCUT2D eigenvalue weighted by molar-refractivity contribution is 0.357. The normalized spacial score (nSPS) is 15.6. The van der Waals surface area contributed by atoms with E-state index in [2.05, 4.69) is 32.0 Å². The molecule has 1 heterocycles. The Bertz CT molecular complexity index is 387. The topological polar surface area (TPSA) is 9.23 Å². The summed E-state index contributed by atoms with van der Waals surface area (Å²) in [6.07, 6.45) is 5.82. The van der Waals surface area contributed by atoms with Crippen LogP contribution in [-0.4, -0.2) is 12.0 Å². The summed E-state index contributed by atoms with van der Waals surface area (Å²) in [6, 6.07) is 6.63. The van der Waals surface area contributed by atoms with Gasteiger partial charge in [-0.1, -0.05) is 32.4 Å². The van der Waals surface area contributed by atoms with Gasteiger partial charge in [0.05, 0.1) is 6.61 Å². The molecule has 100 valence electrons. The Labute approximate surface area is 115 Å². The number of alkyl halides is 1. The lowest BCUT2D eigenvalue weighted by Gasteiger charge is -2.12. The predicted octanol–water partition coefficient (Wildman–Crippen LogP) is 4.60. The van der Waals surface area contributed by atoms with Crippen molar-refractivity contribution in [2.75, 3.05) is 6.61 Å². The molecule has 1 aliphatic rings. The fourth-order valence-corrected chi connectivity index (χ4v) is 2.55. The van der Waals surface area contributed by atoms with Gasteiger partial charge in [-0.3, -0.25) is 0 Å². The van der Waals surface area contributed by atoms with Crippen LogP contribution in [0.3, 0.4) is 0 Å². The molecule has 0 aliphatic carbocycles. The number of hydrogen-bond acceptors (Lipinski definition) is 1. The van der Waals surface area contributed by atoms with E-state index in [0.717, 1.165) is 31.6 Å². The van der Waals surface area contributed by atoms with E-state index in [1.165, 1.54) is 24.0 Å². The Morgan fingerprint density at radius 1 is 1.28 bits per heavy atom. The summed E-state index contributed by atoms with van der Waals surface area (Å²) in [5.41, 5.74) is 2.82. The number of ether oxygens (including phenoxy) is 1. The van der Waals surface area contributed by atoms with Gasteiger partial charge in [-0.2, -0.15) is 0 Å². The standard InChI is InChI=1S/C16H23ClO/c1-12(2)15(17)6-4-3-5-13-7-8-16-14(11-13)9-10-18-16/h7-8,11-12,15H,3-6,9-10H2,1-2H3. The van der Waals surface area contributed by atoms with E-state index in [1.54, 1.807) is 0 Å². The van der Waals surface area contributed by atoms with Gasteiger partial charge in [0.1, 0.15) is 5.75 Å². The van der Waals surface area contributed by atoms with Gasteiger partial charge < -0.3 is 4.74 Å². The average molecular weight is 267 g/mol. The maximum absolute atomic E-state index is 6.26. The van der Waals surface area contributed by atoms with Crippen LogP contribution in [0.2, 0.25) is 0 Å². The fraction of sp³-hybridized carbons (Fsp3) is 0.625. The Morgan fingerprint density at radius 3 is 2.89 bits per heavy atom. The van der Waals surface area contributed by atoms with Gasteiger partial charge in [-0.15, -0.1) is 11.6 Å². The second kappa shape index (κ2) is 6.47. The minimum atomic E-state index is 0.332. The summed E-state index contributed by atoms with van der Waals surface area (Å²) in [5, 5.41) is 0.332. The molecule has 0 bridgehead atoms. The highest BCUT2D eigenvalue weighted by atomic mass is 35.5. The number of halogens is 1. The number of fused-ring (bicyclic) bond motifs is 1. The van der Waals surface area contributed by atoms with E-state index in [9.17, 15) is 0 Å². The third-order valence-electron chi connectivity index (χ3n) is 3.67. The van der Waals surface area contributed by atoms with Crippen molar-refractivity contribution in [3.05, 3.63) is 29.3 Å². The van der Waals surface area contributed by atoms with Crippen molar-refractivity contribution in [2.24, 2.45) is 5.92 Å². The molecule has 1 aliphatic heterocycles. The molecule has 0 saturated carbocycles. The van der Waals surface area contributed by atoms with Gasteiger partial charge in [-0.05, 0) is 42.4 Å². The Hall–Kier alpha value is -0.690. The van der Waals surface area contributed by atoms with Gasteiger partial charge in [0.25, 0.3) is 0 Å². The number of unbranched alkanes of at least 4 members (excludes halogenated alkanes) is 1. The van der Waals surface area contributed by atoms with E-state index in [-0.39, 0.29) is 0 Å². The van der Waals surface area contributed by atoms with E-state index in [1.807, 2.05) is 0 Å². The molecule has 1 aromatic carbocycles. The highest BCUT2D eigenvalue weighted by molar-refractivity contribution is 6.20. The first-order valence-electron chi connectivity index (χ1n) is 7.05. The highest BCUT2D eigenvalue weighted by Gasteiger charge is 2.12. The molecule has 0 amide bonds. The van der Waals surface area contributed by atoms with Crippen molar-refractivity contribution in [2.45, 2.75) is 51.3 Å². The van der Waals surface area contributed by atoms with Gasteiger partial charge in [-0.25, -0.2) is 0 Å². The van der Waals surface area contributed by atoms with E-state index < -0.39 is 0 Å². The van der Waals surface area contributed by atoms with Gasteiger partial charge in [0, 0.05) is 11.8 Å². The first-order chi connectivity index (χ1) is 8.66. The van der Waals surface area contributed by atoms with Crippen LogP contribution in [0.25, 0.3) is 0 Å². The summed E-state index contributed by atoms with van der Waals surface area (Å²) < 4.78 is 5.52. The summed E-state index contributed by atoms with van der Waals surface area (Å²) in [5.74, 6) is 1.67. The van der Waals surface area contributed by atoms with Crippen molar-refractivity contribution >= 4 is 11.6 Å². The zero-order valence-electron chi connectivity index (χ0n) is 11.4. The van der Waals surface area contributed by atoms with Crippen LogP contribution in [0.15, 0.2) is 18.2 Å². The molecular formula is C16H23ClO. The number of aryl methyl sites for hydroxylation is 1. The fourth-order valence-electron chi connectivity index (χ4n) is 2.40. The maximum Gasteiger partial charge on any atom is 0.122 e. The highest BCUT2D eigenvalue weighted by Crippen LogP contribution is 2.26. The average Bonchev–Trinajstić information content (AvgIpc) is 2.81. The summed E-state index contributed by atoms with van der Waals surface area (Å²) in [4.78, 5) is 0. The third-order valence-corrected chi connectivity index (χ3v) is 4.39. The molecule has 1 atom stereocenters. The molecule has 18 heavy (non-hydrogen) atoms. The Balaban J connectivity index is 1.74. The Morgan fingerprint density at radius 2 is 2.11 bits per heavy atom. The smallest absolute Gasteiger partial charge is 0.122 e. The number of rotatable bonds is 6. The molecule has 2 heteroatoms. The number of hydrogen-bond donors (Lipinski definition) is 0.